The molecule has 14 heavy (non-hydrogen) atoms. The Morgan fingerprint density at radius 1 is 1.64 bits per heavy atom. The van der Waals surface area contributed by atoms with Gasteiger partial charge in [-0.3, -0.25) is 4.79 Å². The summed E-state index contributed by atoms with van der Waals surface area (Å²) >= 11 is 0. The van der Waals surface area contributed by atoms with E-state index in [-0.39, 0.29) is 12.2 Å². The lowest BCUT2D eigenvalue weighted by Crippen LogP contribution is -2.06. The van der Waals surface area contributed by atoms with Crippen molar-refractivity contribution in [2.75, 3.05) is 7.11 Å². The summed E-state index contributed by atoms with van der Waals surface area (Å²) in [6.07, 6.45) is -0.0574. The normalized spacial score (nSPS) is 9.50. The van der Waals surface area contributed by atoms with Gasteiger partial charge in [0.25, 0.3) is 0 Å². The van der Waals surface area contributed by atoms with Gasteiger partial charge in [0.1, 0.15) is 6.42 Å². The van der Waals surface area contributed by atoms with E-state index in [4.69, 9.17) is 0 Å². The summed E-state index contributed by atoms with van der Waals surface area (Å²) in [5.74, 6) is -0.746. The molecule has 0 N–H and O–H groups in total. The van der Waals surface area contributed by atoms with Crippen LogP contribution >= 0.6 is 0 Å². The Morgan fingerprint density at radius 2 is 2.36 bits per heavy atom. The highest BCUT2D eigenvalue weighted by Gasteiger charge is 2.12. The molecule has 0 spiro atoms. The summed E-state index contributed by atoms with van der Waals surface area (Å²) in [5.41, 5.74) is 0.325. The van der Waals surface area contributed by atoms with Gasteiger partial charge in [-0.05, 0) is 22.0 Å². The van der Waals surface area contributed by atoms with Crippen molar-refractivity contribution in [3.63, 3.8) is 0 Å². The molecule has 1 rings (SSSR count). The van der Waals surface area contributed by atoms with Crippen molar-refractivity contribution in [1.29, 1.82) is 0 Å². The van der Waals surface area contributed by atoms with Crippen LogP contribution in [0.25, 0.3) is 0 Å². The van der Waals surface area contributed by atoms with Crippen LogP contribution in [-0.2, 0) is 16.0 Å². The largest absolute Gasteiger partial charge is 0.469 e. The number of aromatic nitrogens is 1. The van der Waals surface area contributed by atoms with E-state index in [1.54, 1.807) is 0 Å². The number of carbonyl (C=O) groups excluding carboxylic acids is 1. The third-order valence-corrected chi connectivity index (χ3v) is 1.53. The van der Waals surface area contributed by atoms with Crippen molar-refractivity contribution < 1.29 is 14.5 Å². The molecule has 0 saturated heterocycles. The van der Waals surface area contributed by atoms with Crippen molar-refractivity contribution in [3.05, 3.63) is 34.0 Å². The minimum Gasteiger partial charge on any atom is -0.469 e. The average molecular weight is 196 g/mol. The molecule has 0 fully saturated rings. The van der Waals surface area contributed by atoms with E-state index >= 15 is 0 Å². The molecular weight excluding hydrogens is 188 g/mol. The number of nitro groups is 1. The Bertz CT molecular complexity index is 364. The fourth-order valence-electron chi connectivity index (χ4n) is 0.887. The Balaban J connectivity index is 2.83. The van der Waals surface area contributed by atoms with Crippen LogP contribution in [0.15, 0.2) is 18.2 Å². The first-order valence-corrected chi connectivity index (χ1v) is 3.80. The lowest BCUT2D eigenvalue weighted by molar-refractivity contribution is -0.389. The number of pyridine rings is 1. The molecule has 0 aromatic carbocycles. The average Bonchev–Trinajstić information content (AvgIpc) is 2.18. The van der Waals surface area contributed by atoms with Crippen molar-refractivity contribution >= 4 is 11.8 Å². The van der Waals surface area contributed by atoms with E-state index in [1.165, 1.54) is 25.3 Å². The highest BCUT2D eigenvalue weighted by atomic mass is 16.6. The predicted octanol–water partition coefficient (Wildman–Crippen LogP) is 0.705. The number of methoxy groups -OCH3 is 1. The molecule has 6 heteroatoms. The second kappa shape index (κ2) is 4.31. The molecule has 74 valence electrons. The van der Waals surface area contributed by atoms with Gasteiger partial charge >= 0.3 is 11.8 Å². The van der Waals surface area contributed by atoms with Gasteiger partial charge in [-0.15, -0.1) is 0 Å². The van der Waals surface area contributed by atoms with Crippen LogP contribution < -0.4 is 0 Å². The van der Waals surface area contributed by atoms with Gasteiger partial charge < -0.3 is 14.9 Å². The summed E-state index contributed by atoms with van der Waals surface area (Å²) in [7, 11) is 1.25. The van der Waals surface area contributed by atoms with E-state index in [0.29, 0.717) is 5.69 Å². The maximum atomic E-state index is 10.8. The first-order chi connectivity index (χ1) is 6.63. The number of nitrogens with zero attached hydrogens (tertiary/aromatic N) is 2. The molecule has 0 unspecified atom stereocenters. The summed E-state index contributed by atoms with van der Waals surface area (Å²) in [5, 5.41) is 10.3. The maximum absolute atomic E-state index is 10.8. The molecule has 0 saturated carbocycles. The highest BCUT2D eigenvalue weighted by Crippen LogP contribution is 2.07. The van der Waals surface area contributed by atoms with Crippen LogP contribution in [0.1, 0.15) is 5.69 Å². The summed E-state index contributed by atoms with van der Waals surface area (Å²) in [4.78, 5) is 24.2. The van der Waals surface area contributed by atoms with Crippen LogP contribution in [0.4, 0.5) is 5.82 Å². The van der Waals surface area contributed by atoms with E-state index < -0.39 is 10.9 Å². The molecule has 0 aliphatic rings. The Morgan fingerprint density at radius 3 is 2.93 bits per heavy atom. The highest BCUT2D eigenvalue weighted by molar-refractivity contribution is 5.71. The predicted molar refractivity (Wildman–Crippen MR) is 46.6 cm³/mol. The fourth-order valence-corrected chi connectivity index (χ4v) is 0.887. The van der Waals surface area contributed by atoms with Gasteiger partial charge in [0.2, 0.25) is 0 Å². The number of hydrogen-bond donors (Lipinski definition) is 0. The van der Waals surface area contributed by atoms with Crippen LogP contribution in [0, 0.1) is 10.1 Å². The number of esters is 1. The molecule has 0 bridgehead atoms. The zero-order valence-electron chi connectivity index (χ0n) is 7.47. The van der Waals surface area contributed by atoms with Crippen LogP contribution in [-0.4, -0.2) is 23.0 Å². The van der Waals surface area contributed by atoms with Gasteiger partial charge in [-0.2, -0.15) is 0 Å². The van der Waals surface area contributed by atoms with Gasteiger partial charge in [0, 0.05) is 6.07 Å². The summed E-state index contributed by atoms with van der Waals surface area (Å²) in [6, 6.07) is 4.27. The minimum atomic E-state index is -0.610. The molecule has 0 atom stereocenters. The van der Waals surface area contributed by atoms with Gasteiger partial charge in [0.05, 0.1) is 7.11 Å². The monoisotopic (exact) mass is 196 g/mol. The van der Waals surface area contributed by atoms with Crippen molar-refractivity contribution in [2.24, 2.45) is 0 Å². The molecule has 1 aromatic heterocycles. The molecule has 6 nitrogen and oxygen atoms in total. The molecule has 1 heterocycles. The fraction of sp³-hybridized carbons (Fsp3) is 0.250. The van der Waals surface area contributed by atoms with Gasteiger partial charge in [-0.25, -0.2) is 0 Å². The van der Waals surface area contributed by atoms with Crippen molar-refractivity contribution in [3.8, 4) is 0 Å². The van der Waals surface area contributed by atoms with Crippen LogP contribution in [0.5, 0.6) is 0 Å². The smallest absolute Gasteiger partial charge is 0.363 e. The topological polar surface area (TPSA) is 82.3 Å². The molecule has 0 amide bonds. The first kappa shape index (κ1) is 10.1. The SMILES string of the molecule is COC(=O)Cc1cccc([N+](=O)[O-])n1. The minimum absolute atomic E-state index is 0.0574. The maximum Gasteiger partial charge on any atom is 0.363 e. The zero-order valence-corrected chi connectivity index (χ0v) is 7.47. The second-order valence-electron chi connectivity index (χ2n) is 2.50. The van der Waals surface area contributed by atoms with Gasteiger partial charge in [0.15, 0.2) is 5.69 Å². The summed E-state index contributed by atoms with van der Waals surface area (Å²) in [6.45, 7) is 0. The first-order valence-electron chi connectivity index (χ1n) is 3.80. The lowest BCUT2D eigenvalue weighted by Gasteiger charge is -1.95. The van der Waals surface area contributed by atoms with Crippen molar-refractivity contribution in [1.82, 2.24) is 4.98 Å². The molecular formula is C8H8N2O4. The molecule has 0 aliphatic carbocycles. The van der Waals surface area contributed by atoms with Crippen molar-refractivity contribution in [2.45, 2.75) is 6.42 Å². The number of rotatable bonds is 3. The Labute approximate surface area is 79.7 Å². The number of carbonyl (C=O) groups is 1. The number of hydrogen-bond acceptors (Lipinski definition) is 5. The van der Waals surface area contributed by atoms with E-state index in [0.717, 1.165) is 0 Å². The van der Waals surface area contributed by atoms with E-state index in [9.17, 15) is 14.9 Å². The lowest BCUT2D eigenvalue weighted by atomic mass is 10.3. The Hall–Kier alpha value is -1.98. The van der Waals surface area contributed by atoms with Crippen LogP contribution in [0.3, 0.4) is 0 Å². The number of ether oxygens (including phenoxy) is 1. The standard InChI is InChI=1S/C8H8N2O4/c1-14-8(11)5-6-3-2-4-7(9-6)10(12)13/h2-4H,5H2,1H3. The van der Waals surface area contributed by atoms with Gasteiger partial charge in [-0.1, -0.05) is 0 Å². The second-order valence-corrected chi connectivity index (χ2v) is 2.50. The summed E-state index contributed by atoms with van der Waals surface area (Å²) < 4.78 is 4.41. The van der Waals surface area contributed by atoms with E-state index in [2.05, 4.69) is 9.72 Å². The molecule has 0 radical (unpaired) electrons. The quantitative estimate of drug-likeness (QED) is 0.403. The molecule has 1 aromatic rings. The third kappa shape index (κ3) is 2.51. The van der Waals surface area contributed by atoms with E-state index in [1.807, 2.05) is 0 Å². The third-order valence-electron chi connectivity index (χ3n) is 1.53. The zero-order chi connectivity index (χ0) is 10.6. The van der Waals surface area contributed by atoms with Crippen LogP contribution in [0.2, 0.25) is 0 Å². The Kier molecular flexibility index (Phi) is 3.11. The molecule has 0 aliphatic heterocycles.